The Morgan fingerprint density at radius 1 is 1.50 bits per heavy atom. The average Bonchev–Trinajstić information content (AvgIpc) is 2.25. The Morgan fingerprint density at radius 2 is 2.25 bits per heavy atom. The highest BCUT2D eigenvalue weighted by Gasteiger charge is 1.99. The largest absolute Gasteiger partial charge is 0.465 e. The van der Waals surface area contributed by atoms with Crippen molar-refractivity contribution in [2.24, 2.45) is 0 Å². The van der Waals surface area contributed by atoms with E-state index in [9.17, 15) is 4.79 Å². The molecule has 1 aromatic carbocycles. The van der Waals surface area contributed by atoms with E-state index in [1.807, 2.05) is 25.1 Å². The normalized spacial score (nSPS) is 9.19. The summed E-state index contributed by atoms with van der Waals surface area (Å²) in [5, 5.41) is 0.683. The van der Waals surface area contributed by atoms with Crippen molar-refractivity contribution >= 4 is 17.6 Å². The summed E-state index contributed by atoms with van der Waals surface area (Å²) in [5.41, 5.74) is 1.78. The van der Waals surface area contributed by atoms with Gasteiger partial charge in [0.25, 0.3) is 0 Å². The zero-order valence-corrected chi connectivity index (χ0v) is 10.1. The third-order valence-corrected chi connectivity index (χ3v) is 2.44. The maximum Gasteiger partial charge on any atom is 0.317 e. The van der Waals surface area contributed by atoms with E-state index in [4.69, 9.17) is 16.3 Å². The summed E-state index contributed by atoms with van der Waals surface area (Å²) in [7, 11) is 0. The predicted octanol–water partition coefficient (Wildman–Crippen LogP) is 2.95. The van der Waals surface area contributed by atoms with Crippen molar-refractivity contribution < 1.29 is 9.53 Å². The minimum absolute atomic E-state index is 0.111. The van der Waals surface area contributed by atoms with Crippen molar-refractivity contribution in [2.45, 2.75) is 20.3 Å². The predicted molar refractivity (Wildman–Crippen MR) is 64.3 cm³/mol. The van der Waals surface area contributed by atoms with E-state index in [-0.39, 0.29) is 12.4 Å². The van der Waals surface area contributed by atoms with Crippen LogP contribution in [0.1, 0.15) is 24.5 Å². The Balaban J connectivity index is 2.70. The fraction of sp³-hybridized carbons (Fsp3) is 0.308. The molecular weight excluding hydrogens is 224 g/mol. The highest BCUT2D eigenvalue weighted by atomic mass is 35.5. The molecule has 0 bridgehead atoms. The van der Waals surface area contributed by atoms with Gasteiger partial charge in [0.05, 0.1) is 6.61 Å². The molecule has 3 heteroatoms. The van der Waals surface area contributed by atoms with Gasteiger partial charge < -0.3 is 4.74 Å². The van der Waals surface area contributed by atoms with Gasteiger partial charge in [-0.2, -0.15) is 0 Å². The maximum absolute atomic E-state index is 11.0. The lowest BCUT2D eigenvalue weighted by atomic mass is 10.1. The van der Waals surface area contributed by atoms with Gasteiger partial charge in [0.2, 0.25) is 0 Å². The van der Waals surface area contributed by atoms with Gasteiger partial charge in [0.15, 0.2) is 0 Å². The van der Waals surface area contributed by atoms with Crippen LogP contribution in [0.15, 0.2) is 18.2 Å². The SMILES string of the molecule is CCOC(=O)CC#Cc1cccc(Cl)c1C. The van der Waals surface area contributed by atoms with Crippen LogP contribution in [0.3, 0.4) is 0 Å². The zero-order chi connectivity index (χ0) is 12.0. The van der Waals surface area contributed by atoms with Crippen LogP contribution < -0.4 is 0 Å². The smallest absolute Gasteiger partial charge is 0.317 e. The van der Waals surface area contributed by atoms with Gasteiger partial charge in [0.1, 0.15) is 6.42 Å². The third kappa shape index (κ3) is 3.60. The van der Waals surface area contributed by atoms with E-state index >= 15 is 0 Å². The van der Waals surface area contributed by atoms with Gasteiger partial charge in [-0.1, -0.05) is 29.5 Å². The monoisotopic (exact) mass is 236 g/mol. The Hall–Kier alpha value is -1.46. The van der Waals surface area contributed by atoms with Gasteiger partial charge in [-0.05, 0) is 31.5 Å². The van der Waals surface area contributed by atoms with Crippen LogP contribution in [0, 0.1) is 18.8 Å². The van der Waals surface area contributed by atoms with E-state index in [0.717, 1.165) is 11.1 Å². The second kappa shape index (κ2) is 6.19. The molecule has 0 saturated carbocycles. The lowest BCUT2D eigenvalue weighted by Gasteiger charge is -1.99. The fourth-order valence-electron chi connectivity index (χ4n) is 1.17. The molecule has 0 amide bonds. The van der Waals surface area contributed by atoms with Crippen molar-refractivity contribution in [1.29, 1.82) is 0 Å². The molecule has 16 heavy (non-hydrogen) atoms. The first-order chi connectivity index (χ1) is 7.65. The number of halogens is 1. The molecule has 2 nitrogen and oxygen atoms in total. The van der Waals surface area contributed by atoms with Gasteiger partial charge in [0, 0.05) is 10.6 Å². The van der Waals surface area contributed by atoms with E-state index in [0.29, 0.717) is 11.6 Å². The van der Waals surface area contributed by atoms with Crippen LogP contribution in [0.25, 0.3) is 0 Å². The molecule has 0 spiro atoms. The lowest BCUT2D eigenvalue weighted by Crippen LogP contribution is -2.01. The standard InChI is InChI=1S/C13H13ClO2/c1-3-16-13(15)9-5-7-11-6-4-8-12(14)10(11)2/h4,6,8H,3,9H2,1-2H3. The Morgan fingerprint density at radius 3 is 2.94 bits per heavy atom. The number of benzene rings is 1. The van der Waals surface area contributed by atoms with Crippen molar-refractivity contribution in [3.8, 4) is 11.8 Å². The molecule has 0 atom stereocenters. The minimum atomic E-state index is -0.297. The number of rotatable bonds is 2. The minimum Gasteiger partial charge on any atom is -0.465 e. The first-order valence-electron chi connectivity index (χ1n) is 5.04. The summed E-state index contributed by atoms with van der Waals surface area (Å²) < 4.78 is 4.77. The van der Waals surface area contributed by atoms with Crippen molar-refractivity contribution in [3.63, 3.8) is 0 Å². The van der Waals surface area contributed by atoms with Crippen LogP contribution in [-0.4, -0.2) is 12.6 Å². The quantitative estimate of drug-likeness (QED) is 0.583. The number of carbonyl (C=O) groups is 1. The molecule has 0 fully saturated rings. The van der Waals surface area contributed by atoms with E-state index in [1.54, 1.807) is 6.92 Å². The van der Waals surface area contributed by atoms with E-state index < -0.39 is 0 Å². The Kier molecular flexibility index (Phi) is 4.88. The second-order valence-electron chi connectivity index (χ2n) is 3.20. The van der Waals surface area contributed by atoms with Gasteiger partial charge in [-0.3, -0.25) is 4.79 Å². The van der Waals surface area contributed by atoms with Crippen molar-refractivity contribution in [1.82, 2.24) is 0 Å². The molecule has 0 aliphatic heterocycles. The summed E-state index contributed by atoms with van der Waals surface area (Å²) in [6, 6.07) is 5.52. The summed E-state index contributed by atoms with van der Waals surface area (Å²) in [4.78, 5) is 11.0. The number of hydrogen-bond acceptors (Lipinski definition) is 2. The number of carbonyl (C=O) groups excluding carboxylic acids is 1. The van der Waals surface area contributed by atoms with Crippen LogP contribution in [0.5, 0.6) is 0 Å². The molecule has 0 aliphatic rings. The Labute approximate surface area is 101 Å². The summed E-state index contributed by atoms with van der Waals surface area (Å²) in [5.74, 6) is 5.38. The first kappa shape index (κ1) is 12.6. The van der Waals surface area contributed by atoms with Crippen LogP contribution in [-0.2, 0) is 9.53 Å². The molecule has 84 valence electrons. The molecule has 0 N–H and O–H groups in total. The van der Waals surface area contributed by atoms with Crippen LogP contribution in [0.4, 0.5) is 0 Å². The molecular formula is C13H13ClO2. The van der Waals surface area contributed by atoms with Gasteiger partial charge in [-0.15, -0.1) is 0 Å². The second-order valence-corrected chi connectivity index (χ2v) is 3.60. The number of hydrogen-bond donors (Lipinski definition) is 0. The third-order valence-electron chi connectivity index (χ3n) is 2.03. The summed E-state index contributed by atoms with van der Waals surface area (Å²) in [6.45, 7) is 4.06. The zero-order valence-electron chi connectivity index (χ0n) is 9.34. The van der Waals surface area contributed by atoms with Crippen molar-refractivity contribution in [2.75, 3.05) is 6.61 Å². The topological polar surface area (TPSA) is 26.3 Å². The summed E-state index contributed by atoms with van der Waals surface area (Å²) in [6.07, 6.45) is 0.111. The number of esters is 1. The van der Waals surface area contributed by atoms with E-state index in [2.05, 4.69) is 11.8 Å². The molecule has 0 radical (unpaired) electrons. The molecule has 1 rings (SSSR count). The fourth-order valence-corrected chi connectivity index (χ4v) is 1.34. The van der Waals surface area contributed by atoms with Crippen LogP contribution in [0.2, 0.25) is 5.02 Å². The number of ether oxygens (including phenoxy) is 1. The molecule has 0 saturated heterocycles. The lowest BCUT2D eigenvalue weighted by molar-refractivity contribution is -0.141. The average molecular weight is 237 g/mol. The summed E-state index contributed by atoms with van der Waals surface area (Å²) >= 11 is 5.95. The molecule has 0 unspecified atom stereocenters. The Bertz CT molecular complexity index is 441. The van der Waals surface area contributed by atoms with Gasteiger partial charge in [-0.25, -0.2) is 0 Å². The highest BCUT2D eigenvalue weighted by Crippen LogP contribution is 2.17. The first-order valence-corrected chi connectivity index (χ1v) is 5.42. The molecule has 0 aliphatic carbocycles. The van der Waals surface area contributed by atoms with E-state index in [1.165, 1.54) is 0 Å². The molecule has 0 aromatic heterocycles. The highest BCUT2D eigenvalue weighted by molar-refractivity contribution is 6.31. The van der Waals surface area contributed by atoms with Crippen LogP contribution >= 0.6 is 11.6 Å². The maximum atomic E-state index is 11.0. The molecule has 0 heterocycles. The van der Waals surface area contributed by atoms with Crippen molar-refractivity contribution in [3.05, 3.63) is 34.3 Å². The molecule has 1 aromatic rings. The van der Waals surface area contributed by atoms with Gasteiger partial charge >= 0.3 is 5.97 Å².